The maximum atomic E-state index is 11.4. The third-order valence-corrected chi connectivity index (χ3v) is 4.10. The Labute approximate surface area is 133 Å². The van der Waals surface area contributed by atoms with Crippen molar-refractivity contribution in [1.82, 2.24) is 0 Å². The van der Waals surface area contributed by atoms with Gasteiger partial charge in [-0.25, -0.2) is 4.79 Å². The minimum atomic E-state index is -0.712. The third-order valence-electron chi connectivity index (χ3n) is 4.10. The summed E-state index contributed by atoms with van der Waals surface area (Å²) in [6.45, 7) is 0. The predicted molar refractivity (Wildman–Crippen MR) is 92.0 cm³/mol. The Morgan fingerprint density at radius 1 is 0.696 bits per heavy atom. The summed E-state index contributed by atoms with van der Waals surface area (Å²) in [5, 5.41) is 6.69. The Morgan fingerprint density at radius 3 is 2.22 bits per heavy atom. The van der Waals surface area contributed by atoms with Crippen LogP contribution in [0, 0.1) is 0 Å². The van der Waals surface area contributed by atoms with Crippen molar-refractivity contribution < 1.29 is 14.3 Å². The first-order chi connectivity index (χ1) is 11.3. The molecular weight excluding hydrogens is 288 g/mol. The predicted octanol–water partition coefficient (Wildman–Crippen LogP) is 5.29. The summed E-state index contributed by atoms with van der Waals surface area (Å²) in [6.07, 6.45) is -0.712. The van der Waals surface area contributed by atoms with E-state index in [4.69, 9.17) is 4.74 Å². The van der Waals surface area contributed by atoms with Gasteiger partial charge in [0.2, 0.25) is 0 Å². The van der Waals surface area contributed by atoms with Gasteiger partial charge in [0.05, 0.1) is 7.11 Å². The van der Waals surface area contributed by atoms with Gasteiger partial charge in [-0.1, -0.05) is 54.6 Å². The largest absolute Gasteiger partial charge is 0.513 e. The Bertz CT molecular complexity index is 1050. The van der Waals surface area contributed by atoms with Crippen LogP contribution < -0.4 is 4.74 Å². The van der Waals surface area contributed by atoms with Gasteiger partial charge in [-0.3, -0.25) is 0 Å². The molecule has 23 heavy (non-hydrogen) atoms. The van der Waals surface area contributed by atoms with Crippen molar-refractivity contribution in [1.29, 1.82) is 0 Å². The molecule has 0 unspecified atom stereocenters. The van der Waals surface area contributed by atoms with Crippen LogP contribution >= 0.6 is 0 Å². The van der Waals surface area contributed by atoms with E-state index < -0.39 is 6.16 Å². The number of carbonyl (C=O) groups excluding carboxylic acids is 1. The van der Waals surface area contributed by atoms with Crippen LogP contribution in [-0.2, 0) is 4.74 Å². The second kappa shape index (κ2) is 5.29. The van der Waals surface area contributed by atoms with E-state index in [-0.39, 0.29) is 0 Å². The van der Waals surface area contributed by atoms with Gasteiger partial charge >= 0.3 is 6.16 Å². The number of methoxy groups -OCH3 is 1. The van der Waals surface area contributed by atoms with Crippen molar-refractivity contribution in [2.45, 2.75) is 0 Å². The van der Waals surface area contributed by atoms with Crippen LogP contribution in [0.15, 0.2) is 66.7 Å². The highest BCUT2D eigenvalue weighted by Crippen LogP contribution is 2.35. The van der Waals surface area contributed by atoms with Gasteiger partial charge in [-0.2, -0.15) is 0 Å². The summed E-state index contributed by atoms with van der Waals surface area (Å²) < 4.78 is 9.84. The first-order valence-electron chi connectivity index (χ1n) is 7.37. The molecule has 112 valence electrons. The van der Waals surface area contributed by atoms with E-state index in [1.54, 1.807) is 6.07 Å². The molecule has 0 spiro atoms. The van der Waals surface area contributed by atoms with Crippen LogP contribution in [0.2, 0.25) is 0 Å². The molecule has 0 atom stereocenters. The van der Waals surface area contributed by atoms with E-state index in [2.05, 4.69) is 35.1 Å². The summed E-state index contributed by atoms with van der Waals surface area (Å²) in [5.74, 6) is 0.504. The van der Waals surface area contributed by atoms with Crippen LogP contribution in [0.5, 0.6) is 5.75 Å². The van der Waals surface area contributed by atoms with Gasteiger partial charge in [-0.05, 0) is 39.1 Å². The fourth-order valence-electron chi connectivity index (χ4n) is 3.05. The first-order valence-corrected chi connectivity index (χ1v) is 7.37. The van der Waals surface area contributed by atoms with Crippen LogP contribution in [0.1, 0.15) is 0 Å². The molecular formula is C20H14O3. The number of carbonyl (C=O) groups is 1. The molecule has 0 aliphatic rings. The minimum absolute atomic E-state index is 0.504. The Hall–Kier alpha value is -3.07. The zero-order chi connectivity index (χ0) is 15.8. The zero-order valence-corrected chi connectivity index (χ0v) is 12.6. The van der Waals surface area contributed by atoms with Crippen molar-refractivity contribution in [2.24, 2.45) is 0 Å². The highest BCUT2D eigenvalue weighted by Gasteiger charge is 2.10. The lowest BCUT2D eigenvalue weighted by Crippen LogP contribution is -2.07. The van der Waals surface area contributed by atoms with Gasteiger partial charge in [-0.15, -0.1) is 0 Å². The molecule has 0 saturated carbocycles. The van der Waals surface area contributed by atoms with Gasteiger partial charge < -0.3 is 9.47 Å². The van der Waals surface area contributed by atoms with Crippen molar-refractivity contribution in [3.8, 4) is 5.75 Å². The second-order valence-electron chi connectivity index (χ2n) is 5.35. The summed E-state index contributed by atoms with van der Waals surface area (Å²) in [4.78, 5) is 11.4. The fraction of sp³-hybridized carbons (Fsp3) is 0.0500. The zero-order valence-electron chi connectivity index (χ0n) is 12.6. The van der Waals surface area contributed by atoms with Gasteiger partial charge in [0.15, 0.2) is 0 Å². The van der Waals surface area contributed by atoms with Crippen molar-refractivity contribution in [3.05, 3.63) is 66.7 Å². The van der Waals surface area contributed by atoms with E-state index in [0.29, 0.717) is 5.75 Å². The normalized spacial score (nSPS) is 11.0. The van der Waals surface area contributed by atoms with Crippen LogP contribution in [0.25, 0.3) is 32.3 Å². The Kier molecular flexibility index (Phi) is 3.12. The van der Waals surface area contributed by atoms with E-state index in [1.807, 2.05) is 30.3 Å². The number of rotatable bonds is 1. The lowest BCUT2D eigenvalue weighted by atomic mass is 9.97. The second-order valence-corrected chi connectivity index (χ2v) is 5.35. The fourth-order valence-corrected chi connectivity index (χ4v) is 3.05. The number of hydrogen-bond acceptors (Lipinski definition) is 3. The molecule has 0 radical (unpaired) electrons. The highest BCUT2D eigenvalue weighted by molar-refractivity contribution is 6.18. The first kappa shape index (κ1) is 13.6. The summed E-state index contributed by atoms with van der Waals surface area (Å²) in [6, 6.07) is 22.3. The molecule has 0 bridgehead atoms. The highest BCUT2D eigenvalue weighted by atomic mass is 16.7. The smallest absolute Gasteiger partial charge is 0.437 e. The molecule has 0 heterocycles. The molecule has 0 aromatic heterocycles. The lowest BCUT2D eigenvalue weighted by molar-refractivity contribution is 0.122. The monoisotopic (exact) mass is 302 g/mol. The molecule has 4 aromatic rings. The molecule has 0 amide bonds. The van der Waals surface area contributed by atoms with Crippen LogP contribution in [0.4, 0.5) is 4.79 Å². The van der Waals surface area contributed by atoms with Crippen molar-refractivity contribution >= 4 is 38.5 Å². The SMILES string of the molecule is COC(=O)Oc1cccc2c1ccc1c3ccccc3ccc21. The quantitative estimate of drug-likeness (QED) is 0.272. The van der Waals surface area contributed by atoms with Crippen LogP contribution in [-0.4, -0.2) is 13.3 Å². The standard InChI is InChI=1S/C20H14O3/c1-22-20(21)23-19-8-4-7-15-17-10-9-13-5-2-3-6-14(13)16(17)11-12-18(15)19/h2-12H,1H3. The molecule has 0 fully saturated rings. The third kappa shape index (κ3) is 2.18. The van der Waals surface area contributed by atoms with Gasteiger partial charge in [0.1, 0.15) is 5.75 Å². The molecule has 0 aliphatic heterocycles. The molecule has 0 saturated heterocycles. The maximum Gasteiger partial charge on any atom is 0.513 e. The maximum absolute atomic E-state index is 11.4. The number of hydrogen-bond donors (Lipinski definition) is 0. The van der Waals surface area contributed by atoms with Gasteiger partial charge in [0.25, 0.3) is 0 Å². The molecule has 3 heteroatoms. The minimum Gasteiger partial charge on any atom is -0.437 e. The average Bonchev–Trinajstić information content (AvgIpc) is 2.61. The topological polar surface area (TPSA) is 35.5 Å². The number of benzene rings is 4. The summed E-state index contributed by atoms with van der Waals surface area (Å²) in [5.41, 5.74) is 0. The molecule has 0 N–H and O–H groups in total. The summed E-state index contributed by atoms with van der Waals surface area (Å²) in [7, 11) is 1.30. The van der Waals surface area contributed by atoms with E-state index in [0.717, 1.165) is 16.2 Å². The lowest BCUT2D eigenvalue weighted by Gasteiger charge is -2.10. The summed E-state index contributed by atoms with van der Waals surface area (Å²) >= 11 is 0. The van der Waals surface area contributed by atoms with E-state index in [1.165, 1.54) is 23.3 Å². The Morgan fingerprint density at radius 2 is 1.35 bits per heavy atom. The number of ether oxygens (including phenoxy) is 2. The Balaban J connectivity index is 2.04. The van der Waals surface area contributed by atoms with Crippen molar-refractivity contribution in [3.63, 3.8) is 0 Å². The number of fused-ring (bicyclic) bond motifs is 5. The molecule has 3 nitrogen and oxygen atoms in total. The molecule has 0 aliphatic carbocycles. The van der Waals surface area contributed by atoms with Crippen LogP contribution in [0.3, 0.4) is 0 Å². The molecule has 4 aromatic carbocycles. The molecule has 4 rings (SSSR count). The van der Waals surface area contributed by atoms with Gasteiger partial charge in [0, 0.05) is 5.39 Å². The van der Waals surface area contributed by atoms with E-state index >= 15 is 0 Å². The van der Waals surface area contributed by atoms with E-state index in [9.17, 15) is 4.79 Å². The van der Waals surface area contributed by atoms with Crippen molar-refractivity contribution in [2.75, 3.05) is 7.11 Å². The average molecular weight is 302 g/mol.